The molecule has 0 fully saturated rings. The summed E-state index contributed by atoms with van der Waals surface area (Å²) in [7, 11) is 0. The minimum absolute atomic E-state index is 0.137. The van der Waals surface area contributed by atoms with Crippen LogP contribution in [0.3, 0.4) is 0 Å². The van der Waals surface area contributed by atoms with E-state index < -0.39 is 12.1 Å². The number of nitrogens with zero attached hydrogens (tertiary/aromatic N) is 2. The van der Waals surface area contributed by atoms with E-state index in [1.807, 2.05) is 95.7 Å². The van der Waals surface area contributed by atoms with Crippen LogP contribution in [-0.4, -0.2) is 27.6 Å². The lowest BCUT2D eigenvalue weighted by atomic mass is 10.1. The maximum atomic E-state index is 13.0. The van der Waals surface area contributed by atoms with Crippen molar-refractivity contribution in [1.29, 1.82) is 0 Å². The zero-order valence-corrected chi connectivity index (χ0v) is 19.3. The number of rotatable bonds is 10. The molecule has 2 amide bonds. The van der Waals surface area contributed by atoms with Crippen molar-refractivity contribution >= 4 is 12.0 Å². The zero-order chi connectivity index (χ0) is 24.3. The number of imidazole rings is 1. The molecule has 0 aliphatic rings. The number of carbonyl (C=O) groups excluding carboxylic acids is 2. The van der Waals surface area contributed by atoms with E-state index in [9.17, 15) is 9.59 Å². The van der Waals surface area contributed by atoms with E-state index in [1.165, 1.54) is 0 Å². The van der Waals surface area contributed by atoms with Crippen LogP contribution in [0.2, 0.25) is 0 Å². The fourth-order valence-corrected chi connectivity index (χ4v) is 3.63. The van der Waals surface area contributed by atoms with Gasteiger partial charge in [0.25, 0.3) is 0 Å². The summed E-state index contributed by atoms with van der Waals surface area (Å²) in [5, 5.41) is 5.66. The van der Waals surface area contributed by atoms with Gasteiger partial charge >= 0.3 is 6.09 Å². The number of aromatic nitrogens is 2. The molecule has 7 nitrogen and oxygen atoms in total. The van der Waals surface area contributed by atoms with Gasteiger partial charge in [-0.3, -0.25) is 4.79 Å². The van der Waals surface area contributed by atoms with Crippen molar-refractivity contribution in [3.05, 3.63) is 126 Å². The molecule has 0 saturated carbocycles. The highest BCUT2D eigenvalue weighted by Crippen LogP contribution is 2.08. The number of hydrogen-bond acceptors (Lipinski definition) is 4. The molecule has 0 aliphatic carbocycles. The maximum absolute atomic E-state index is 13.0. The van der Waals surface area contributed by atoms with E-state index in [0.717, 1.165) is 28.8 Å². The minimum atomic E-state index is -0.763. The van der Waals surface area contributed by atoms with Crippen LogP contribution in [0.1, 0.15) is 22.3 Å². The molecule has 1 heterocycles. The van der Waals surface area contributed by atoms with Crippen LogP contribution < -0.4 is 10.6 Å². The number of benzene rings is 3. The predicted molar refractivity (Wildman–Crippen MR) is 133 cm³/mol. The molecule has 178 valence electrons. The quantitative estimate of drug-likeness (QED) is 0.367. The first-order valence-corrected chi connectivity index (χ1v) is 11.5. The first kappa shape index (κ1) is 23.8. The Bertz CT molecular complexity index is 1190. The number of ether oxygens (including phenoxy) is 1. The van der Waals surface area contributed by atoms with Crippen LogP contribution in [0.25, 0.3) is 0 Å². The molecular weight excluding hydrogens is 440 g/mol. The molecule has 1 atom stereocenters. The average molecular weight is 469 g/mol. The van der Waals surface area contributed by atoms with Crippen LogP contribution in [0.4, 0.5) is 4.79 Å². The smallest absolute Gasteiger partial charge is 0.408 e. The van der Waals surface area contributed by atoms with Gasteiger partial charge in [-0.25, -0.2) is 9.78 Å². The predicted octanol–water partition coefficient (Wildman–Crippen LogP) is 4.09. The molecule has 0 bridgehead atoms. The molecule has 0 radical (unpaired) electrons. The Balaban J connectivity index is 1.33. The molecule has 2 N–H and O–H groups in total. The summed E-state index contributed by atoms with van der Waals surface area (Å²) in [5.74, 6) is -0.270. The summed E-state index contributed by atoms with van der Waals surface area (Å²) in [6, 6.07) is 26.3. The number of alkyl carbamates (subject to hydrolysis) is 1. The van der Waals surface area contributed by atoms with Gasteiger partial charge in [-0.1, -0.05) is 84.9 Å². The van der Waals surface area contributed by atoms with Crippen molar-refractivity contribution in [3.63, 3.8) is 0 Å². The Morgan fingerprint density at radius 3 is 2.14 bits per heavy atom. The molecule has 7 heteroatoms. The topological polar surface area (TPSA) is 85.3 Å². The summed E-state index contributed by atoms with van der Waals surface area (Å²) in [4.78, 5) is 29.5. The Morgan fingerprint density at radius 1 is 0.829 bits per heavy atom. The first-order valence-electron chi connectivity index (χ1n) is 11.5. The van der Waals surface area contributed by atoms with Gasteiger partial charge in [-0.2, -0.15) is 0 Å². The summed E-state index contributed by atoms with van der Waals surface area (Å²) >= 11 is 0. The van der Waals surface area contributed by atoms with Crippen LogP contribution in [0.5, 0.6) is 0 Å². The highest BCUT2D eigenvalue weighted by molar-refractivity contribution is 5.85. The van der Waals surface area contributed by atoms with Gasteiger partial charge in [-0.15, -0.1) is 0 Å². The number of hydrogen-bond donors (Lipinski definition) is 2. The van der Waals surface area contributed by atoms with E-state index in [2.05, 4.69) is 15.6 Å². The molecular formula is C28H28N4O3. The van der Waals surface area contributed by atoms with Gasteiger partial charge in [0.2, 0.25) is 5.91 Å². The Hall–Kier alpha value is -4.39. The SMILES string of the molecule is O=C(N[C@H](Cc1ccccc1)C(=O)NCc1ccc(Cn2ccnc2)cc1)OCc1ccccc1. The van der Waals surface area contributed by atoms with E-state index in [-0.39, 0.29) is 12.5 Å². The van der Waals surface area contributed by atoms with Crippen molar-refractivity contribution in [3.8, 4) is 0 Å². The molecule has 0 spiro atoms. The van der Waals surface area contributed by atoms with Crippen LogP contribution in [0, 0.1) is 0 Å². The number of amides is 2. The van der Waals surface area contributed by atoms with E-state index >= 15 is 0 Å². The number of carbonyl (C=O) groups is 2. The van der Waals surface area contributed by atoms with Gasteiger partial charge in [0.1, 0.15) is 12.6 Å². The van der Waals surface area contributed by atoms with E-state index in [1.54, 1.807) is 12.5 Å². The van der Waals surface area contributed by atoms with Crippen molar-refractivity contribution in [2.45, 2.75) is 32.2 Å². The summed E-state index contributed by atoms with van der Waals surface area (Å²) < 4.78 is 7.32. The van der Waals surface area contributed by atoms with Crippen LogP contribution in [0.15, 0.2) is 104 Å². The third-order valence-corrected chi connectivity index (χ3v) is 5.52. The van der Waals surface area contributed by atoms with Gasteiger partial charge in [0.15, 0.2) is 0 Å². The van der Waals surface area contributed by atoms with Crippen molar-refractivity contribution in [2.75, 3.05) is 0 Å². The molecule has 3 aromatic carbocycles. The van der Waals surface area contributed by atoms with Crippen LogP contribution in [-0.2, 0) is 35.6 Å². The van der Waals surface area contributed by atoms with Crippen molar-refractivity contribution in [1.82, 2.24) is 20.2 Å². The first-order chi connectivity index (χ1) is 17.2. The van der Waals surface area contributed by atoms with Crippen LogP contribution >= 0.6 is 0 Å². The van der Waals surface area contributed by atoms with E-state index in [4.69, 9.17) is 4.74 Å². The van der Waals surface area contributed by atoms with Gasteiger partial charge in [0, 0.05) is 31.9 Å². The molecule has 0 unspecified atom stereocenters. The van der Waals surface area contributed by atoms with Crippen molar-refractivity contribution in [2.24, 2.45) is 0 Å². The average Bonchev–Trinajstić information content (AvgIpc) is 3.41. The highest BCUT2D eigenvalue weighted by atomic mass is 16.5. The zero-order valence-electron chi connectivity index (χ0n) is 19.3. The van der Waals surface area contributed by atoms with Crippen molar-refractivity contribution < 1.29 is 14.3 Å². The largest absolute Gasteiger partial charge is 0.445 e. The lowest BCUT2D eigenvalue weighted by Crippen LogP contribution is -2.48. The Kier molecular flexibility index (Phi) is 8.27. The second kappa shape index (κ2) is 12.2. The summed E-state index contributed by atoms with van der Waals surface area (Å²) in [5.41, 5.74) is 3.93. The highest BCUT2D eigenvalue weighted by Gasteiger charge is 2.22. The maximum Gasteiger partial charge on any atom is 0.408 e. The molecule has 0 aliphatic heterocycles. The third-order valence-electron chi connectivity index (χ3n) is 5.52. The van der Waals surface area contributed by atoms with Gasteiger partial charge < -0.3 is 19.9 Å². The Labute approximate surface area is 204 Å². The Morgan fingerprint density at radius 2 is 1.49 bits per heavy atom. The molecule has 1 aromatic heterocycles. The van der Waals surface area contributed by atoms with E-state index in [0.29, 0.717) is 13.0 Å². The molecule has 4 aromatic rings. The standard InChI is InChI=1S/C28H28N4O3/c33-27(30-18-23-11-13-24(14-12-23)19-32-16-15-29-21-32)26(17-22-7-3-1-4-8-22)31-28(34)35-20-25-9-5-2-6-10-25/h1-16,21,26H,17-20H2,(H,30,33)(H,31,34)/t26-/m1/s1. The third kappa shape index (κ3) is 7.57. The molecule has 0 saturated heterocycles. The molecule has 35 heavy (non-hydrogen) atoms. The summed E-state index contributed by atoms with van der Waals surface area (Å²) in [6.07, 6.45) is 5.17. The summed E-state index contributed by atoms with van der Waals surface area (Å²) in [6.45, 7) is 1.23. The second-order valence-electron chi connectivity index (χ2n) is 8.22. The lowest BCUT2D eigenvalue weighted by molar-refractivity contribution is -0.123. The second-order valence-corrected chi connectivity index (χ2v) is 8.22. The monoisotopic (exact) mass is 468 g/mol. The molecule has 4 rings (SSSR count). The van der Waals surface area contributed by atoms with Gasteiger partial charge in [-0.05, 0) is 22.3 Å². The fourth-order valence-electron chi connectivity index (χ4n) is 3.63. The number of nitrogens with one attached hydrogen (secondary N) is 2. The lowest BCUT2D eigenvalue weighted by Gasteiger charge is -2.19. The fraction of sp³-hybridized carbons (Fsp3) is 0.179. The van der Waals surface area contributed by atoms with Gasteiger partial charge in [0.05, 0.1) is 6.33 Å². The normalized spacial score (nSPS) is 11.4. The minimum Gasteiger partial charge on any atom is -0.445 e.